The molecule has 1 aromatic rings. The molecule has 1 amide bonds. The van der Waals surface area contributed by atoms with Gasteiger partial charge in [-0.3, -0.25) is 4.79 Å². The smallest absolute Gasteiger partial charge is 0.228 e. The van der Waals surface area contributed by atoms with Crippen LogP contribution in [0.3, 0.4) is 0 Å². The van der Waals surface area contributed by atoms with Crippen LogP contribution in [-0.4, -0.2) is 50.6 Å². The Balaban J connectivity index is 1.91. The summed E-state index contributed by atoms with van der Waals surface area (Å²) in [5, 5.41) is 3.40. The molecule has 1 saturated heterocycles. The van der Waals surface area contributed by atoms with Gasteiger partial charge in [0.05, 0.1) is 0 Å². The molecule has 0 saturated carbocycles. The van der Waals surface area contributed by atoms with E-state index >= 15 is 0 Å². The summed E-state index contributed by atoms with van der Waals surface area (Å²) < 4.78 is 0. The predicted molar refractivity (Wildman–Crippen MR) is 73.8 cm³/mol. The van der Waals surface area contributed by atoms with Gasteiger partial charge in [-0.25, -0.2) is 0 Å². The molecule has 98 valence electrons. The molecule has 1 aromatic carbocycles. The maximum absolute atomic E-state index is 12.2. The van der Waals surface area contributed by atoms with Crippen LogP contribution in [0, 0.1) is 0 Å². The Labute approximate surface area is 109 Å². The molecule has 0 aliphatic carbocycles. The number of hydrogen-bond donors (Lipinski definition) is 1. The fourth-order valence-corrected chi connectivity index (χ4v) is 2.27. The number of rotatable bonds is 3. The Kier molecular flexibility index (Phi) is 4.33. The van der Waals surface area contributed by atoms with Gasteiger partial charge >= 0.3 is 0 Å². The van der Waals surface area contributed by atoms with Gasteiger partial charge in [0.2, 0.25) is 5.91 Å². The van der Waals surface area contributed by atoms with E-state index in [1.807, 2.05) is 37.4 Å². The lowest BCUT2D eigenvalue weighted by Crippen LogP contribution is -2.50. The van der Waals surface area contributed by atoms with Gasteiger partial charge in [0.1, 0.15) is 0 Å². The molecule has 1 N–H and O–H groups in total. The maximum Gasteiger partial charge on any atom is 0.228 e. The number of carbonyl (C=O) groups is 1. The van der Waals surface area contributed by atoms with Crippen LogP contribution in [0.4, 0.5) is 5.69 Å². The van der Waals surface area contributed by atoms with Gasteiger partial charge in [0.15, 0.2) is 0 Å². The minimum atomic E-state index is 0.161. The molecular weight excluding hydrogens is 226 g/mol. The molecule has 4 heteroatoms. The van der Waals surface area contributed by atoms with Crippen molar-refractivity contribution in [1.29, 1.82) is 0 Å². The normalized spacial score (nSPS) is 20.7. The molecule has 1 aliphatic heterocycles. The Hall–Kier alpha value is -1.39. The number of para-hydroxylation sites is 1. The number of hydrogen-bond acceptors (Lipinski definition) is 3. The maximum atomic E-state index is 12.2. The predicted octanol–water partition coefficient (Wildman–Crippen LogP) is 0.943. The van der Waals surface area contributed by atoms with Crippen molar-refractivity contribution in [2.45, 2.75) is 12.5 Å². The van der Waals surface area contributed by atoms with Crippen LogP contribution < -0.4 is 10.2 Å². The molecule has 0 aromatic heterocycles. The fraction of sp³-hybridized carbons (Fsp3) is 0.500. The van der Waals surface area contributed by atoms with Crippen molar-refractivity contribution in [3.05, 3.63) is 30.3 Å². The van der Waals surface area contributed by atoms with E-state index in [1.54, 1.807) is 4.90 Å². The van der Waals surface area contributed by atoms with Crippen LogP contribution in [-0.2, 0) is 4.79 Å². The summed E-state index contributed by atoms with van der Waals surface area (Å²) in [5.74, 6) is 0.161. The van der Waals surface area contributed by atoms with Crippen molar-refractivity contribution in [3.63, 3.8) is 0 Å². The van der Waals surface area contributed by atoms with Gasteiger partial charge < -0.3 is 15.1 Å². The number of anilines is 1. The largest absolute Gasteiger partial charge is 0.315 e. The van der Waals surface area contributed by atoms with Crippen molar-refractivity contribution < 1.29 is 4.79 Å². The van der Waals surface area contributed by atoms with Crippen LogP contribution in [0.2, 0.25) is 0 Å². The van der Waals surface area contributed by atoms with E-state index < -0.39 is 0 Å². The summed E-state index contributed by atoms with van der Waals surface area (Å²) in [6.07, 6.45) is 0.551. The average molecular weight is 247 g/mol. The second-order valence-electron chi connectivity index (χ2n) is 4.91. The van der Waals surface area contributed by atoms with Crippen molar-refractivity contribution in [1.82, 2.24) is 10.2 Å². The molecule has 18 heavy (non-hydrogen) atoms. The molecule has 4 nitrogen and oxygen atoms in total. The lowest BCUT2D eigenvalue weighted by Gasteiger charge is -2.31. The third-order valence-electron chi connectivity index (χ3n) is 3.40. The minimum Gasteiger partial charge on any atom is -0.315 e. The van der Waals surface area contributed by atoms with Crippen LogP contribution in [0.1, 0.15) is 6.42 Å². The SMILES string of the molecule is CN1CCNC(CC(=O)N(C)c2ccccc2)C1. The highest BCUT2D eigenvalue weighted by atomic mass is 16.2. The quantitative estimate of drug-likeness (QED) is 0.863. The Morgan fingerprint density at radius 1 is 1.44 bits per heavy atom. The van der Waals surface area contributed by atoms with Gasteiger partial charge in [-0.1, -0.05) is 18.2 Å². The van der Waals surface area contributed by atoms with E-state index in [9.17, 15) is 4.79 Å². The second-order valence-corrected chi connectivity index (χ2v) is 4.91. The molecule has 1 unspecified atom stereocenters. The third-order valence-corrected chi connectivity index (χ3v) is 3.40. The van der Waals surface area contributed by atoms with Crippen molar-refractivity contribution in [2.75, 3.05) is 38.6 Å². The van der Waals surface area contributed by atoms with E-state index in [-0.39, 0.29) is 11.9 Å². The summed E-state index contributed by atoms with van der Waals surface area (Å²) in [6, 6.07) is 10.0. The monoisotopic (exact) mass is 247 g/mol. The van der Waals surface area contributed by atoms with E-state index in [0.717, 1.165) is 25.3 Å². The van der Waals surface area contributed by atoms with E-state index in [4.69, 9.17) is 0 Å². The van der Waals surface area contributed by atoms with Crippen molar-refractivity contribution in [3.8, 4) is 0 Å². The summed E-state index contributed by atoms with van der Waals surface area (Å²) in [7, 11) is 3.93. The summed E-state index contributed by atoms with van der Waals surface area (Å²) in [4.78, 5) is 16.2. The zero-order chi connectivity index (χ0) is 13.0. The first-order valence-electron chi connectivity index (χ1n) is 6.40. The highest BCUT2D eigenvalue weighted by Crippen LogP contribution is 2.13. The first-order valence-corrected chi connectivity index (χ1v) is 6.40. The number of piperazine rings is 1. The fourth-order valence-electron chi connectivity index (χ4n) is 2.27. The molecule has 0 radical (unpaired) electrons. The molecule has 1 atom stereocenters. The number of amides is 1. The zero-order valence-electron chi connectivity index (χ0n) is 11.1. The number of likely N-dealkylation sites (N-methyl/N-ethyl adjacent to an activating group) is 1. The van der Waals surface area contributed by atoms with E-state index in [1.165, 1.54) is 0 Å². The van der Waals surface area contributed by atoms with E-state index in [0.29, 0.717) is 6.42 Å². The van der Waals surface area contributed by atoms with E-state index in [2.05, 4.69) is 17.3 Å². The molecule has 1 aliphatic rings. The van der Waals surface area contributed by atoms with Crippen molar-refractivity contribution in [2.24, 2.45) is 0 Å². The van der Waals surface area contributed by atoms with Gasteiger partial charge in [-0.05, 0) is 19.2 Å². The third kappa shape index (κ3) is 3.31. The lowest BCUT2D eigenvalue weighted by molar-refractivity contribution is -0.119. The van der Waals surface area contributed by atoms with Gasteiger partial charge in [0.25, 0.3) is 0 Å². The summed E-state index contributed by atoms with van der Waals surface area (Å²) >= 11 is 0. The average Bonchev–Trinajstić information content (AvgIpc) is 2.39. The Morgan fingerprint density at radius 3 is 2.83 bits per heavy atom. The highest BCUT2D eigenvalue weighted by Gasteiger charge is 2.21. The van der Waals surface area contributed by atoms with Crippen LogP contribution in [0.5, 0.6) is 0 Å². The van der Waals surface area contributed by atoms with Crippen LogP contribution >= 0.6 is 0 Å². The minimum absolute atomic E-state index is 0.161. The molecule has 1 fully saturated rings. The van der Waals surface area contributed by atoms with Gasteiger partial charge in [-0.15, -0.1) is 0 Å². The number of benzene rings is 1. The van der Waals surface area contributed by atoms with Gasteiger partial charge in [-0.2, -0.15) is 0 Å². The number of carbonyl (C=O) groups excluding carboxylic acids is 1. The Morgan fingerprint density at radius 2 is 2.17 bits per heavy atom. The molecular formula is C14H21N3O. The second kappa shape index (κ2) is 5.98. The van der Waals surface area contributed by atoms with Crippen LogP contribution in [0.25, 0.3) is 0 Å². The number of nitrogens with one attached hydrogen (secondary N) is 1. The molecule has 0 spiro atoms. The Bertz CT molecular complexity index is 393. The lowest BCUT2D eigenvalue weighted by atomic mass is 10.1. The van der Waals surface area contributed by atoms with Crippen molar-refractivity contribution >= 4 is 11.6 Å². The first-order chi connectivity index (χ1) is 8.66. The molecule has 1 heterocycles. The summed E-state index contributed by atoms with van der Waals surface area (Å²) in [5.41, 5.74) is 0.951. The molecule has 0 bridgehead atoms. The van der Waals surface area contributed by atoms with Gasteiger partial charge in [0, 0.05) is 44.8 Å². The molecule has 2 rings (SSSR count). The highest BCUT2D eigenvalue weighted by molar-refractivity contribution is 5.93. The standard InChI is InChI=1S/C14H21N3O/c1-16-9-8-15-12(11-16)10-14(18)17(2)13-6-4-3-5-7-13/h3-7,12,15H,8-11H2,1-2H3. The zero-order valence-corrected chi connectivity index (χ0v) is 11.1. The topological polar surface area (TPSA) is 35.6 Å². The number of nitrogens with zero attached hydrogens (tertiary/aromatic N) is 2. The summed E-state index contributed by atoms with van der Waals surface area (Å²) in [6.45, 7) is 2.96. The van der Waals surface area contributed by atoms with Crippen LogP contribution in [0.15, 0.2) is 30.3 Å². The first kappa shape index (κ1) is 13.1.